The molecule has 0 bridgehead atoms. The molecule has 0 saturated carbocycles. The fourth-order valence-electron chi connectivity index (χ4n) is 3.03. The number of hydrogen-bond acceptors (Lipinski definition) is 4. The number of rotatable bonds is 2. The molecule has 1 aliphatic carbocycles. The largest absolute Gasteiger partial charge is 0.377 e. The zero-order valence-corrected chi connectivity index (χ0v) is 11.4. The maximum atomic E-state index is 9.39. The Bertz CT molecular complexity index is 521. The molecule has 1 fully saturated rings. The van der Waals surface area contributed by atoms with Crippen LogP contribution in [0.3, 0.4) is 0 Å². The van der Waals surface area contributed by atoms with Crippen molar-refractivity contribution in [3.8, 4) is 6.07 Å². The van der Waals surface area contributed by atoms with Crippen LogP contribution in [0.15, 0.2) is 6.07 Å². The van der Waals surface area contributed by atoms with E-state index in [2.05, 4.69) is 17.9 Å². The molecule has 100 valence electrons. The maximum Gasteiger partial charge on any atom is 0.147 e. The first kappa shape index (κ1) is 12.4. The lowest BCUT2D eigenvalue weighted by Crippen LogP contribution is -2.46. The average Bonchev–Trinajstić information content (AvgIpc) is 2.93. The lowest BCUT2D eigenvalue weighted by molar-refractivity contribution is 0.0925. The van der Waals surface area contributed by atoms with Gasteiger partial charge in [-0.3, -0.25) is 0 Å². The molecule has 2 aliphatic rings. The first-order valence-corrected chi connectivity index (χ1v) is 7.10. The van der Waals surface area contributed by atoms with Crippen molar-refractivity contribution >= 4 is 5.82 Å². The predicted molar refractivity (Wildman–Crippen MR) is 73.2 cm³/mol. The minimum absolute atomic E-state index is 0.341. The van der Waals surface area contributed by atoms with Crippen LogP contribution in [0, 0.1) is 11.3 Å². The van der Waals surface area contributed by atoms with Gasteiger partial charge >= 0.3 is 0 Å². The maximum absolute atomic E-state index is 9.39. The molecule has 4 nitrogen and oxygen atoms in total. The highest BCUT2D eigenvalue weighted by Gasteiger charge is 2.26. The van der Waals surface area contributed by atoms with Crippen LogP contribution in [0.25, 0.3) is 0 Å². The second kappa shape index (κ2) is 5.18. The van der Waals surface area contributed by atoms with Gasteiger partial charge in [0.05, 0.1) is 24.8 Å². The van der Waals surface area contributed by atoms with Crippen LogP contribution >= 0.6 is 0 Å². The quantitative estimate of drug-likeness (QED) is 0.813. The van der Waals surface area contributed by atoms with Crippen LogP contribution in [0.4, 0.5) is 5.82 Å². The number of aryl methyl sites for hydroxylation is 2. The van der Waals surface area contributed by atoms with Gasteiger partial charge in [0.1, 0.15) is 11.9 Å². The lowest BCUT2D eigenvalue weighted by atomic mass is 10.1. The zero-order chi connectivity index (χ0) is 13.2. The number of pyridine rings is 1. The molecule has 1 saturated heterocycles. The molecule has 1 atom stereocenters. The first-order chi connectivity index (χ1) is 9.33. The van der Waals surface area contributed by atoms with Gasteiger partial charge in [0.15, 0.2) is 0 Å². The number of fused-ring (bicyclic) bond motifs is 1. The van der Waals surface area contributed by atoms with Crippen molar-refractivity contribution in [3.05, 3.63) is 22.9 Å². The Hall–Kier alpha value is -1.60. The van der Waals surface area contributed by atoms with E-state index in [1.807, 2.05) is 6.07 Å². The Balaban J connectivity index is 2.01. The minimum atomic E-state index is 0.341. The molecule has 19 heavy (non-hydrogen) atoms. The van der Waals surface area contributed by atoms with Gasteiger partial charge in [0.25, 0.3) is 0 Å². The van der Waals surface area contributed by atoms with E-state index in [1.165, 1.54) is 11.3 Å². The number of anilines is 1. The molecule has 0 radical (unpaired) electrons. The Kier molecular flexibility index (Phi) is 3.39. The summed E-state index contributed by atoms with van der Waals surface area (Å²) >= 11 is 0. The Morgan fingerprint density at radius 2 is 2.42 bits per heavy atom. The standard InChI is InChI=1S/C15H19N3O/c1-2-13-10-19-7-6-18(13)15-12(9-16)8-11-4-3-5-14(11)17-15/h8,13H,2-7,10H2,1H3. The molecular weight excluding hydrogens is 238 g/mol. The summed E-state index contributed by atoms with van der Waals surface area (Å²) < 4.78 is 5.54. The van der Waals surface area contributed by atoms with E-state index in [9.17, 15) is 5.26 Å². The lowest BCUT2D eigenvalue weighted by Gasteiger charge is -2.36. The van der Waals surface area contributed by atoms with E-state index >= 15 is 0 Å². The first-order valence-electron chi connectivity index (χ1n) is 7.10. The van der Waals surface area contributed by atoms with Gasteiger partial charge in [-0.15, -0.1) is 0 Å². The summed E-state index contributed by atoms with van der Waals surface area (Å²) in [4.78, 5) is 7.06. The van der Waals surface area contributed by atoms with Crippen molar-refractivity contribution in [1.29, 1.82) is 5.26 Å². The third-order valence-electron chi connectivity index (χ3n) is 4.12. The molecule has 1 aromatic heterocycles. The molecule has 4 heteroatoms. The van der Waals surface area contributed by atoms with Gasteiger partial charge in [-0.05, 0) is 37.3 Å². The highest BCUT2D eigenvalue weighted by atomic mass is 16.5. The van der Waals surface area contributed by atoms with E-state index < -0.39 is 0 Å². The monoisotopic (exact) mass is 257 g/mol. The van der Waals surface area contributed by atoms with Crippen molar-refractivity contribution in [1.82, 2.24) is 4.98 Å². The van der Waals surface area contributed by atoms with Gasteiger partial charge in [0.2, 0.25) is 0 Å². The van der Waals surface area contributed by atoms with Crippen molar-refractivity contribution in [2.24, 2.45) is 0 Å². The summed E-state index contributed by atoms with van der Waals surface area (Å²) in [7, 11) is 0. The summed E-state index contributed by atoms with van der Waals surface area (Å²) in [6, 6.07) is 4.71. The second-order valence-electron chi connectivity index (χ2n) is 5.26. The van der Waals surface area contributed by atoms with Crippen molar-refractivity contribution < 1.29 is 4.74 Å². The molecule has 3 rings (SSSR count). The highest BCUT2D eigenvalue weighted by molar-refractivity contribution is 5.57. The Morgan fingerprint density at radius 3 is 3.21 bits per heavy atom. The summed E-state index contributed by atoms with van der Waals surface area (Å²) in [5.41, 5.74) is 3.18. The van der Waals surface area contributed by atoms with Gasteiger partial charge in [-0.2, -0.15) is 5.26 Å². The third-order valence-corrected chi connectivity index (χ3v) is 4.12. The third kappa shape index (κ3) is 2.19. The van der Waals surface area contributed by atoms with Gasteiger partial charge < -0.3 is 9.64 Å². The molecule has 0 spiro atoms. The zero-order valence-electron chi connectivity index (χ0n) is 11.4. The Morgan fingerprint density at radius 1 is 1.53 bits per heavy atom. The van der Waals surface area contributed by atoms with Gasteiger partial charge in [-0.1, -0.05) is 6.92 Å². The number of ether oxygens (including phenoxy) is 1. The van der Waals surface area contributed by atoms with Gasteiger partial charge in [0, 0.05) is 12.2 Å². The topological polar surface area (TPSA) is 49.1 Å². The van der Waals surface area contributed by atoms with Crippen LogP contribution in [0.1, 0.15) is 36.6 Å². The van der Waals surface area contributed by atoms with E-state index in [0.717, 1.165) is 56.8 Å². The highest BCUT2D eigenvalue weighted by Crippen LogP contribution is 2.29. The van der Waals surface area contributed by atoms with Crippen LogP contribution < -0.4 is 4.90 Å². The number of aromatic nitrogens is 1. The molecule has 1 unspecified atom stereocenters. The molecule has 0 aromatic carbocycles. The van der Waals surface area contributed by atoms with Crippen molar-refractivity contribution in [3.63, 3.8) is 0 Å². The van der Waals surface area contributed by atoms with E-state index in [-0.39, 0.29) is 0 Å². The average molecular weight is 257 g/mol. The van der Waals surface area contributed by atoms with Crippen molar-refractivity contribution in [2.75, 3.05) is 24.7 Å². The van der Waals surface area contributed by atoms with Crippen LogP contribution in [0.2, 0.25) is 0 Å². The van der Waals surface area contributed by atoms with Crippen LogP contribution in [0.5, 0.6) is 0 Å². The smallest absolute Gasteiger partial charge is 0.147 e. The summed E-state index contributed by atoms with van der Waals surface area (Å²) in [5.74, 6) is 0.873. The van der Waals surface area contributed by atoms with Crippen molar-refractivity contribution in [2.45, 2.75) is 38.6 Å². The number of morpholine rings is 1. The fourth-order valence-corrected chi connectivity index (χ4v) is 3.03. The predicted octanol–water partition coefficient (Wildman–Crippen LogP) is 2.06. The molecule has 0 amide bonds. The van der Waals surface area contributed by atoms with E-state index in [0.29, 0.717) is 6.04 Å². The molecule has 0 N–H and O–H groups in total. The van der Waals surface area contributed by atoms with Gasteiger partial charge in [-0.25, -0.2) is 4.98 Å². The number of nitrogens with zero attached hydrogens (tertiary/aromatic N) is 3. The molecular formula is C15H19N3O. The SMILES string of the molecule is CCC1COCCN1c1nc2c(cc1C#N)CCC2. The molecule has 1 aromatic rings. The van der Waals surface area contributed by atoms with Crippen LogP contribution in [-0.4, -0.2) is 30.8 Å². The second-order valence-corrected chi connectivity index (χ2v) is 5.26. The number of hydrogen-bond donors (Lipinski definition) is 0. The summed E-state index contributed by atoms with van der Waals surface area (Å²) in [6.07, 6.45) is 4.30. The number of nitriles is 1. The summed E-state index contributed by atoms with van der Waals surface area (Å²) in [5, 5.41) is 9.39. The Labute approximate surface area is 114 Å². The van der Waals surface area contributed by atoms with E-state index in [4.69, 9.17) is 9.72 Å². The fraction of sp³-hybridized carbons (Fsp3) is 0.600. The van der Waals surface area contributed by atoms with Crippen LogP contribution in [-0.2, 0) is 17.6 Å². The minimum Gasteiger partial charge on any atom is -0.377 e. The molecule has 2 heterocycles. The normalized spacial score (nSPS) is 22.1. The summed E-state index contributed by atoms with van der Waals surface area (Å²) in [6.45, 7) is 4.45. The molecule has 1 aliphatic heterocycles. The van der Waals surface area contributed by atoms with E-state index in [1.54, 1.807) is 0 Å².